The number of thioether (sulfide) groups is 1. The Morgan fingerprint density at radius 1 is 1.15 bits per heavy atom. The minimum atomic E-state index is -0.973. The van der Waals surface area contributed by atoms with Gasteiger partial charge in [-0.15, -0.1) is 0 Å². The summed E-state index contributed by atoms with van der Waals surface area (Å²) in [6.07, 6.45) is 0. The fourth-order valence-corrected chi connectivity index (χ4v) is 4.13. The number of rotatable bonds is 6. The SMILES string of the molecule is O=C(CSc1nc2ccccc2c(=O)n1-c1ccc(F)cc1F)Nc1ccc(Cl)c([N+](=O)[O-])c1. The molecule has 34 heavy (non-hydrogen) atoms. The molecule has 0 atom stereocenters. The lowest BCUT2D eigenvalue weighted by Gasteiger charge is -2.14. The quantitative estimate of drug-likeness (QED) is 0.173. The van der Waals surface area contributed by atoms with E-state index in [9.17, 15) is 28.5 Å². The van der Waals surface area contributed by atoms with Gasteiger partial charge in [0.2, 0.25) is 5.91 Å². The predicted octanol–water partition coefficient (Wildman–Crippen LogP) is 4.96. The molecule has 4 rings (SSSR count). The number of carbonyl (C=O) groups is 1. The standard InChI is InChI=1S/C22H13ClF2N4O4S/c23-15-7-6-13(10-19(15)29(32)33)26-20(30)11-34-22-27-17-4-2-1-3-14(17)21(31)28(22)18-8-5-12(24)9-16(18)25/h1-10H,11H2,(H,26,30). The highest BCUT2D eigenvalue weighted by molar-refractivity contribution is 7.99. The summed E-state index contributed by atoms with van der Waals surface area (Å²) < 4.78 is 28.9. The molecule has 1 heterocycles. The monoisotopic (exact) mass is 502 g/mol. The van der Waals surface area contributed by atoms with Crippen LogP contribution in [-0.4, -0.2) is 26.1 Å². The Morgan fingerprint density at radius 2 is 1.91 bits per heavy atom. The van der Waals surface area contributed by atoms with Crippen LogP contribution in [-0.2, 0) is 4.79 Å². The van der Waals surface area contributed by atoms with Crippen molar-refractivity contribution in [2.24, 2.45) is 0 Å². The minimum Gasteiger partial charge on any atom is -0.325 e. The molecule has 0 aliphatic rings. The molecule has 0 fully saturated rings. The van der Waals surface area contributed by atoms with Gasteiger partial charge in [0.1, 0.15) is 16.7 Å². The summed E-state index contributed by atoms with van der Waals surface area (Å²) in [6, 6.07) is 13.0. The van der Waals surface area contributed by atoms with E-state index in [-0.39, 0.29) is 38.4 Å². The van der Waals surface area contributed by atoms with Crippen LogP contribution >= 0.6 is 23.4 Å². The first-order valence-electron chi connectivity index (χ1n) is 9.58. The molecule has 1 amide bonds. The highest BCUT2D eigenvalue weighted by Gasteiger charge is 2.18. The van der Waals surface area contributed by atoms with E-state index in [0.717, 1.165) is 34.5 Å². The fourth-order valence-electron chi connectivity index (χ4n) is 3.14. The van der Waals surface area contributed by atoms with Crippen molar-refractivity contribution in [1.29, 1.82) is 0 Å². The van der Waals surface area contributed by atoms with Crippen molar-refractivity contribution in [2.45, 2.75) is 5.16 Å². The summed E-state index contributed by atoms with van der Waals surface area (Å²) in [4.78, 5) is 40.4. The van der Waals surface area contributed by atoms with Crippen LogP contribution in [0.1, 0.15) is 0 Å². The lowest BCUT2D eigenvalue weighted by Crippen LogP contribution is -2.23. The normalized spacial score (nSPS) is 10.9. The summed E-state index contributed by atoms with van der Waals surface area (Å²) in [7, 11) is 0. The molecule has 12 heteroatoms. The van der Waals surface area contributed by atoms with Gasteiger partial charge in [-0.1, -0.05) is 35.5 Å². The van der Waals surface area contributed by atoms with E-state index in [4.69, 9.17) is 11.6 Å². The Morgan fingerprint density at radius 3 is 2.65 bits per heavy atom. The number of amides is 1. The second-order valence-corrected chi connectivity index (χ2v) is 8.26. The van der Waals surface area contributed by atoms with E-state index in [0.29, 0.717) is 11.6 Å². The summed E-state index contributed by atoms with van der Waals surface area (Å²) in [5.41, 5.74) is -0.699. The number of para-hydroxylation sites is 1. The van der Waals surface area contributed by atoms with Crippen LogP contribution in [0, 0.1) is 21.7 Å². The maximum atomic E-state index is 14.5. The van der Waals surface area contributed by atoms with Crippen molar-refractivity contribution in [3.8, 4) is 5.69 Å². The van der Waals surface area contributed by atoms with E-state index in [1.54, 1.807) is 18.2 Å². The average Bonchev–Trinajstić information content (AvgIpc) is 2.80. The Kier molecular flexibility index (Phi) is 6.57. The van der Waals surface area contributed by atoms with Gasteiger partial charge in [0.15, 0.2) is 5.16 Å². The number of carbonyl (C=O) groups excluding carboxylic acids is 1. The Balaban J connectivity index is 1.66. The van der Waals surface area contributed by atoms with Crippen LogP contribution in [0.2, 0.25) is 5.02 Å². The maximum absolute atomic E-state index is 14.5. The van der Waals surface area contributed by atoms with Crippen molar-refractivity contribution in [3.05, 3.63) is 97.8 Å². The second kappa shape index (κ2) is 9.57. The minimum absolute atomic E-state index is 0.00597. The number of nitro benzene ring substituents is 1. The van der Waals surface area contributed by atoms with Gasteiger partial charge < -0.3 is 5.32 Å². The van der Waals surface area contributed by atoms with E-state index in [1.165, 1.54) is 18.2 Å². The number of fused-ring (bicyclic) bond motifs is 1. The van der Waals surface area contributed by atoms with Crippen LogP contribution < -0.4 is 10.9 Å². The number of aromatic nitrogens is 2. The van der Waals surface area contributed by atoms with Crippen molar-refractivity contribution >= 4 is 51.5 Å². The second-order valence-electron chi connectivity index (χ2n) is 6.91. The van der Waals surface area contributed by atoms with E-state index >= 15 is 0 Å². The van der Waals surface area contributed by atoms with Gasteiger partial charge in [-0.3, -0.25) is 24.3 Å². The van der Waals surface area contributed by atoms with E-state index < -0.39 is 28.0 Å². The third kappa shape index (κ3) is 4.75. The molecule has 0 radical (unpaired) electrons. The van der Waals surface area contributed by atoms with E-state index in [2.05, 4.69) is 10.3 Å². The molecule has 172 valence electrons. The fraction of sp³-hybridized carbons (Fsp3) is 0.0455. The van der Waals surface area contributed by atoms with Crippen molar-refractivity contribution < 1.29 is 18.5 Å². The molecule has 1 N–H and O–H groups in total. The smallest absolute Gasteiger partial charge is 0.289 e. The van der Waals surface area contributed by atoms with Crippen molar-refractivity contribution in [2.75, 3.05) is 11.1 Å². The third-order valence-electron chi connectivity index (χ3n) is 4.65. The number of hydrogen-bond donors (Lipinski definition) is 1. The maximum Gasteiger partial charge on any atom is 0.289 e. The Labute approximate surface area is 199 Å². The molecule has 1 aromatic heterocycles. The lowest BCUT2D eigenvalue weighted by atomic mass is 10.2. The number of benzene rings is 3. The molecule has 8 nitrogen and oxygen atoms in total. The molecular weight excluding hydrogens is 490 g/mol. The zero-order chi connectivity index (χ0) is 24.4. The third-order valence-corrected chi connectivity index (χ3v) is 5.91. The molecular formula is C22H13ClF2N4O4S. The molecule has 0 unspecified atom stereocenters. The topological polar surface area (TPSA) is 107 Å². The Bertz CT molecular complexity index is 1510. The van der Waals surface area contributed by atoms with Gasteiger partial charge >= 0.3 is 0 Å². The first-order chi connectivity index (χ1) is 16.2. The molecule has 0 bridgehead atoms. The van der Waals surface area contributed by atoms with E-state index in [1.807, 2.05) is 0 Å². The first kappa shape index (κ1) is 23.3. The van der Waals surface area contributed by atoms with Gasteiger partial charge in [-0.2, -0.15) is 0 Å². The van der Waals surface area contributed by atoms with Crippen LogP contribution in [0.3, 0.4) is 0 Å². The molecule has 0 aliphatic heterocycles. The zero-order valence-corrected chi connectivity index (χ0v) is 18.6. The van der Waals surface area contributed by atoms with Crippen molar-refractivity contribution in [3.63, 3.8) is 0 Å². The zero-order valence-electron chi connectivity index (χ0n) is 17.0. The largest absolute Gasteiger partial charge is 0.325 e. The first-order valence-corrected chi connectivity index (χ1v) is 10.9. The Hall–Kier alpha value is -3.83. The van der Waals surface area contributed by atoms with Gasteiger partial charge in [-0.25, -0.2) is 13.8 Å². The van der Waals surface area contributed by atoms with Gasteiger partial charge in [0.25, 0.3) is 11.2 Å². The average molecular weight is 503 g/mol. The van der Waals surface area contributed by atoms with Gasteiger partial charge in [0, 0.05) is 17.8 Å². The molecule has 0 saturated heterocycles. The van der Waals surface area contributed by atoms with Crippen LogP contribution in [0.25, 0.3) is 16.6 Å². The van der Waals surface area contributed by atoms with Crippen LogP contribution in [0.5, 0.6) is 0 Å². The highest BCUT2D eigenvalue weighted by atomic mass is 35.5. The number of nitro groups is 1. The summed E-state index contributed by atoms with van der Waals surface area (Å²) in [6.45, 7) is 0. The number of hydrogen-bond acceptors (Lipinski definition) is 6. The number of anilines is 1. The van der Waals surface area contributed by atoms with Gasteiger partial charge in [0.05, 0.1) is 27.3 Å². The van der Waals surface area contributed by atoms with Crippen LogP contribution in [0.4, 0.5) is 20.2 Å². The molecule has 4 aromatic rings. The van der Waals surface area contributed by atoms with Gasteiger partial charge in [-0.05, 0) is 36.4 Å². The summed E-state index contributed by atoms with van der Waals surface area (Å²) >= 11 is 6.62. The van der Waals surface area contributed by atoms with Crippen LogP contribution in [0.15, 0.2) is 70.6 Å². The molecule has 0 spiro atoms. The highest BCUT2D eigenvalue weighted by Crippen LogP contribution is 2.28. The lowest BCUT2D eigenvalue weighted by molar-refractivity contribution is -0.384. The number of nitrogens with one attached hydrogen (secondary N) is 1. The summed E-state index contributed by atoms with van der Waals surface area (Å²) in [5, 5.41) is 13.7. The molecule has 3 aromatic carbocycles. The predicted molar refractivity (Wildman–Crippen MR) is 125 cm³/mol. The molecule has 0 aliphatic carbocycles. The molecule has 0 saturated carbocycles. The number of nitrogens with zero attached hydrogens (tertiary/aromatic N) is 3. The number of halogens is 3. The summed E-state index contributed by atoms with van der Waals surface area (Å²) in [5.74, 6) is -2.60. The van der Waals surface area contributed by atoms with Crippen molar-refractivity contribution in [1.82, 2.24) is 9.55 Å².